The summed E-state index contributed by atoms with van der Waals surface area (Å²) in [6, 6.07) is 0. The first-order valence-electron chi connectivity index (χ1n) is 7.96. The molecule has 1 nitrogen and oxygen atoms in total. The van der Waals surface area contributed by atoms with Gasteiger partial charge in [-0.3, -0.25) is 11.1 Å². The Morgan fingerprint density at radius 2 is 1.96 bits per heavy atom. The molecule has 0 spiro atoms. The van der Waals surface area contributed by atoms with E-state index in [1.165, 1.54) is 33.6 Å². The summed E-state index contributed by atoms with van der Waals surface area (Å²) in [5.41, 5.74) is 4.97. The molecule has 0 bridgehead atoms. The van der Waals surface area contributed by atoms with Crippen molar-refractivity contribution in [3.63, 3.8) is 0 Å². The van der Waals surface area contributed by atoms with Crippen LogP contribution in [0.1, 0.15) is 53.4 Å². The van der Waals surface area contributed by atoms with Crippen molar-refractivity contribution in [2.75, 3.05) is 0 Å². The van der Waals surface area contributed by atoms with E-state index in [0.29, 0.717) is 0 Å². The molecule has 3 aliphatic rings. The Labute approximate surface area is 174 Å². The smallest absolute Gasteiger partial charge is 1.00 e. The van der Waals surface area contributed by atoms with Crippen molar-refractivity contribution in [2.45, 2.75) is 53.4 Å². The van der Waals surface area contributed by atoms with E-state index in [-0.39, 0.29) is 24.8 Å². The zero-order valence-corrected chi connectivity index (χ0v) is 19.0. The van der Waals surface area contributed by atoms with Crippen LogP contribution in [0.3, 0.4) is 0 Å². The molecule has 24 heavy (non-hydrogen) atoms. The van der Waals surface area contributed by atoms with Crippen molar-refractivity contribution < 1.29 is 49.0 Å². The van der Waals surface area contributed by atoms with Gasteiger partial charge in [0.2, 0.25) is 0 Å². The van der Waals surface area contributed by atoms with Gasteiger partial charge in [0.05, 0.1) is 5.70 Å². The fraction of sp³-hybridized carbons (Fsp3) is 0.400. The first-order valence-corrected chi connectivity index (χ1v) is 9.19. The van der Waals surface area contributed by atoms with Crippen molar-refractivity contribution in [1.82, 2.24) is 0 Å². The predicted molar refractivity (Wildman–Crippen MR) is 94.8 cm³/mol. The summed E-state index contributed by atoms with van der Waals surface area (Å²) in [7, 11) is 0. The average molecular weight is 443 g/mol. The average Bonchev–Trinajstić information content (AvgIpc) is 3.12. The molecule has 0 N–H and O–H groups in total. The largest absolute Gasteiger partial charge is 1.00 e. The van der Waals surface area contributed by atoms with Crippen LogP contribution in [-0.4, -0.2) is 8.92 Å². The fourth-order valence-corrected chi connectivity index (χ4v) is 2.09. The number of hydrogen-bond donors (Lipinski definition) is 0. The van der Waals surface area contributed by atoms with Gasteiger partial charge in [-0.2, -0.15) is 6.08 Å². The van der Waals surface area contributed by atoms with Crippen LogP contribution < -0.4 is 24.8 Å². The maximum Gasteiger partial charge on any atom is -1.00 e. The summed E-state index contributed by atoms with van der Waals surface area (Å²) in [4.78, 5) is 4.27. The van der Waals surface area contributed by atoms with E-state index in [4.69, 9.17) is 0 Å². The second-order valence-corrected chi connectivity index (χ2v) is 8.16. The van der Waals surface area contributed by atoms with E-state index in [1.807, 2.05) is 19.1 Å². The van der Waals surface area contributed by atoms with E-state index >= 15 is 0 Å². The number of hydrogen-bond acceptors (Lipinski definition) is 1. The van der Waals surface area contributed by atoms with E-state index < -0.39 is 0 Å². The van der Waals surface area contributed by atoms with Crippen LogP contribution in [0, 0.1) is 6.08 Å². The number of rotatable bonds is 3. The molecule has 0 unspecified atom stereocenters. The quantitative estimate of drug-likeness (QED) is 0.521. The third-order valence-corrected chi connectivity index (χ3v) is 3.08. The third kappa shape index (κ3) is 11.3. The molecule has 1 aliphatic heterocycles. The topological polar surface area (TPSA) is 12.4 Å². The summed E-state index contributed by atoms with van der Waals surface area (Å²) < 4.78 is 1.51. The molecule has 0 amide bonds. The third-order valence-electron chi connectivity index (χ3n) is 3.08. The van der Waals surface area contributed by atoms with Crippen LogP contribution in [0.15, 0.2) is 58.3 Å². The Kier molecular flexibility index (Phi) is 16.2. The molecular weight excluding hydrogens is 416 g/mol. The molecule has 0 atom stereocenters. The van der Waals surface area contributed by atoms with Crippen LogP contribution in [0.4, 0.5) is 0 Å². The van der Waals surface area contributed by atoms with Gasteiger partial charge in [0.25, 0.3) is 0 Å². The van der Waals surface area contributed by atoms with Gasteiger partial charge in [-0.1, -0.05) is 38.3 Å². The van der Waals surface area contributed by atoms with Gasteiger partial charge < -0.3 is 24.8 Å². The second-order valence-electron chi connectivity index (χ2n) is 5.70. The molecule has 0 radical (unpaired) electrons. The molecule has 0 saturated carbocycles. The van der Waals surface area contributed by atoms with Crippen molar-refractivity contribution in [2.24, 2.45) is 4.99 Å². The van der Waals surface area contributed by atoms with Crippen LogP contribution in [0.25, 0.3) is 0 Å². The van der Waals surface area contributed by atoms with Crippen LogP contribution in [0.5, 0.6) is 0 Å². The molecule has 1 heterocycles. The van der Waals surface area contributed by atoms with Gasteiger partial charge in [-0.15, -0.1) is 6.42 Å². The van der Waals surface area contributed by atoms with E-state index in [0.717, 1.165) is 17.8 Å². The standard InChI is InChI=1S/C9H13.C8H7N.C3H6.2ClH.Zr/c1-2-3-6-9-7-4-5-8-9;1-6-5-7-3-2-4-8(7)9-6;1-3-2;;;/h7-8H,2-4,6H2,1H3;2-5H,1H3;1-2H3;2*1H;/q-1;;;;;+2/p-2. The fourth-order valence-electron chi connectivity index (χ4n) is 2.09. The maximum absolute atomic E-state index is 4.27. The van der Waals surface area contributed by atoms with Crippen LogP contribution in [-0.2, 0) is 24.2 Å². The molecule has 2 aliphatic carbocycles. The van der Waals surface area contributed by atoms with Gasteiger partial charge in [0.1, 0.15) is 0 Å². The molecule has 0 aromatic rings. The number of halogens is 2. The van der Waals surface area contributed by atoms with Crippen LogP contribution in [0.2, 0.25) is 0 Å². The van der Waals surface area contributed by atoms with Gasteiger partial charge in [-0.25, -0.2) is 11.6 Å². The van der Waals surface area contributed by atoms with Gasteiger partial charge in [0.15, 0.2) is 0 Å². The number of unbranched alkanes of at least 4 members (excludes halogenated alkanes) is 1. The van der Waals surface area contributed by atoms with Gasteiger partial charge >= 0.3 is 41.3 Å². The van der Waals surface area contributed by atoms with E-state index in [1.54, 1.807) is 24.2 Å². The minimum Gasteiger partial charge on any atom is -1.00 e. The summed E-state index contributed by atoms with van der Waals surface area (Å²) in [5.74, 6) is 0. The van der Waals surface area contributed by atoms with Gasteiger partial charge in [-0.05, 0) is 19.1 Å². The summed E-state index contributed by atoms with van der Waals surface area (Å²) in [6.45, 7) is 8.49. The Morgan fingerprint density at radius 1 is 1.29 bits per heavy atom. The van der Waals surface area contributed by atoms with Crippen LogP contribution >= 0.6 is 0 Å². The predicted octanol–water partition coefficient (Wildman–Crippen LogP) is -0.540. The molecular formula is C20H26Cl2NZr-. The summed E-state index contributed by atoms with van der Waals surface area (Å²) in [6.07, 6.45) is 20.7. The Morgan fingerprint density at radius 3 is 2.46 bits per heavy atom. The van der Waals surface area contributed by atoms with Crippen molar-refractivity contribution in [3.05, 3.63) is 59.4 Å². The Hall–Kier alpha value is -0.297. The number of nitrogens with zero attached hydrogens (tertiary/aromatic N) is 1. The summed E-state index contributed by atoms with van der Waals surface area (Å²) in [5, 5.41) is 0. The molecule has 0 aromatic heterocycles. The number of allylic oxidation sites excluding steroid dienone is 8. The minimum absolute atomic E-state index is 0. The zero-order chi connectivity index (χ0) is 16.4. The van der Waals surface area contributed by atoms with Crippen molar-refractivity contribution >= 4 is 8.92 Å². The minimum atomic E-state index is 0. The van der Waals surface area contributed by atoms with Gasteiger partial charge in [0, 0.05) is 11.3 Å². The molecule has 0 aromatic carbocycles. The molecule has 0 saturated heterocycles. The van der Waals surface area contributed by atoms with Crippen molar-refractivity contribution in [1.29, 1.82) is 0 Å². The number of aliphatic imine (C=N–C) groups is 1. The number of fused-ring (bicyclic) bond motifs is 1. The Balaban J connectivity index is 0. The molecule has 130 valence electrons. The first-order chi connectivity index (χ1) is 10.5. The molecule has 0 fully saturated rings. The summed E-state index contributed by atoms with van der Waals surface area (Å²) >= 11 is 1.55. The monoisotopic (exact) mass is 440 g/mol. The molecule has 4 heteroatoms. The van der Waals surface area contributed by atoms with E-state index in [9.17, 15) is 0 Å². The van der Waals surface area contributed by atoms with Crippen molar-refractivity contribution in [3.8, 4) is 0 Å². The Bertz CT molecular complexity index is 574. The molecule has 3 rings (SSSR count). The SMILES string of the molecule is CC1=NC2=CC=CC2=C1.CCCCC1=CC[C-]=C1.C[C](C)=[Zr+2].[Cl-].[Cl-]. The normalized spacial score (nSPS) is 15.2. The van der Waals surface area contributed by atoms with E-state index in [2.05, 4.69) is 56.1 Å². The maximum atomic E-state index is 4.27. The first kappa shape index (κ1) is 25.9. The second kappa shape index (κ2) is 15.0. The zero-order valence-electron chi connectivity index (χ0n) is 15.0.